The van der Waals surface area contributed by atoms with E-state index >= 15 is 0 Å². The SMILES string of the molecule is Cc1ccc(C)c2sc(N(CC3CCCO3)C(=O)Cc3cccs3)nc12. The Morgan fingerprint density at radius 3 is 2.85 bits per heavy atom. The molecule has 0 N–H and O–H groups in total. The quantitative estimate of drug-likeness (QED) is 0.637. The van der Waals surface area contributed by atoms with E-state index in [0.29, 0.717) is 13.0 Å². The summed E-state index contributed by atoms with van der Waals surface area (Å²) in [4.78, 5) is 20.9. The van der Waals surface area contributed by atoms with Crippen molar-refractivity contribution in [1.29, 1.82) is 0 Å². The number of hydrogen-bond acceptors (Lipinski definition) is 5. The molecule has 1 saturated heterocycles. The summed E-state index contributed by atoms with van der Waals surface area (Å²) in [6, 6.07) is 8.22. The fourth-order valence-corrected chi connectivity index (χ4v) is 5.13. The van der Waals surface area contributed by atoms with E-state index in [1.54, 1.807) is 22.7 Å². The van der Waals surface area contributed by atoms with Gasteiger partial charge in [0.15, 0.2) is 5.13 Å². The van der Waals surface area contributed by atoms with E-state index in [-0.39, 0.29) is 12.0 Å². The maximum Gasteiger partial charge on any atom is 0.234 e. The third kappa shape index (κ3) is 3.54. The van der Waals surface area contributed by atoms with Gasteiger partial charge in [-0.3, -0.25) is 9.69 Å². The summed E-state index contributed by atoms with van der Waals surface area (Å²) in [5.41, 5.74) is 3.36. The first kappa shape index (κ1) is 17.6. The van der Waals surface area contributed by atoms with E-state index in [2.05, 4.69) is 26.0 Å². The highest BCUT2D eigenvalue weighted by Gasteiger charge is 2.26. The monoisotopic (exact) mass is 386 g/mol. The number of amides is 1. The van der Waals surface area contributed by atoms with Crippen molar-refractivity contribution in [2.45, 2.75) is 39.2 Å². The predicted molar refractivity (Wildman–Crippen MR) is 108 cm³/mol. The highest BCUT2D eigenvalue weighted by Crippen LogP contribution is 2.34. The first-order valence-corrected chi connectivity index (χ1v) is 10.6. The van der Waals surface area contributed by atoms with Gasteiger partial charge in [-0.1, -0.05) is 29.5 Å². The second-order valence-corrected chi connectivity index (χ2v) is 8.78. The molecule has 1 aromatic carbocycles. The van der Waals surface area contributed by atoms with Gasteiger partial charge in [0.05, 0.1) is 29.3 Å². The molecule has 136 valence electrons. The summed E-state index contributed by atoms with van der Waals surface area (Å²) in [5.74, 6) is 0.0947. The van der Waals surface area contributed by atoms with E-state index in [1.165, 1.54) is 10.3 Å². The van der Waals surface area contributed by atoms with Crippen LogP contribution in [0.3, 0.4) is 0 Å². The molecule has 1 fully saturated rings. The van der Waals surface area contributed by atoms with Gasteiger partial charge >= 0.3 is 0 Å². The van der Waals surface area contributed by atoms with Crippen LogP contribution >= 0.6 is 22.7 Å². The summed E-state index contributed by atoms with van der Waals surface area (Å²) >= 11 is 3.23. The minimum Gasteiger partial charge on any atom is -0.376 e. The summed E-state index contributed by atoms with van der Waals surface area (Å²) in [5, 5.41) is 2.80. The molecule has 1 unspecified atom stereocenters. The van der Waals surface area contributed by atoms with Crippen LogP contribution in [0, 0.1) is 13.8 Å². The molecule has 0 radical (unpaired) electrons. The number of thiazole rings is 1. The van der Waals surface area contributed by atoms with E-state index in [0.717, 1.165) is 40.5 Å². The molecule has 1 aliphatic rings. The average molecular weight is 387 g/mol. The lowest BCUT2D eigenvalue weighted by Gasteiger charge is -2.22. The van der Waals surface area contributed by atoms with Crippen LogP contribution in [0.1, 0.15) is 28.8 Å². The maximum atomic E-state index is 13.1. The highest BCUT2D eigenvalue weighted by molar-refractivity contribution is 7.22. The number of aryl methyl sites for hydroxylation is 2. The lowest BCUT2D eigenvalue weighted by atomic mass is 10.1. The Bertz CT molecular complexity index is 872. The average Bonchev–Trinajstić information content (AvgIpc) is 3.37. The Morgan fingerprint density at radius 2 is 2.15 bits per heavy atom. The first-order chi connectivity index (χ1) is 12.6. The Balaban J connectivity index is 1.68. The lowest BCUT2D eigenvalue weighted by Crippen LogP contribution is -2.38. The zero-order valence-electron chi connectivity index (χ0n) is 15.0. The van der Waals surface area contributed by atoms with Crippen LogP contribution in [0.15, 0.2) is 29.6 Å². The fraction of sp³-hybridized carbons (Fsp3) is 0.400. The van der Waals surface area contributed by atoms with Gasteiger partial charge in [0.2, 0.25) is 5.91 Å². The number of fused-ring (bicyclic) bond motifs is 1. The van der Waals surface area contributed by atoms with Crippen LogP contribution in [-0.4, -0.2) is 30.1 Å². The van der Waals surface area contributed by atoms with E-state index in [9.17, 15) is 4.79 Å². The third-order valence-electron chi connectivity index (χ3n) is 4.78. The normalized spacial score (nSPS) is 17.1. The molecule has 0 bridgehead atoms. The maximum absolute atomic E-state index is 13.1. The van der Waals surface area contributed by atoms with Gasteiger partial charge in [0, 0.05) is 11.5 Å². The summed E-state index contributed by atoms with van der Waals surface area (Å²) in [6.45, 7) is 5.54. The molecule has 1 atom stereocenters. The number of anilines is 1. The minimum atomic E-state index is 0.0947. The molecule has 6 heteroatoms. The third-order valence-corrected chi connectivity index (χ3v) is 6.87. The van der Waals surface area contributed by atoms with Crippen LogP contribution in [-0.2, 0) is 16.0 Å². The van der Waals surface area contributed by atoms with Crippen molar-refractivity contribution in [1.82, 2.24) is 4.98 Å². The van der Waals surface area contributed by atoms with Crippen LogP contribution in [0.5, 0.6) is 0 Å². The van der Waals surface area contributed by atoms with Crippen LogP contribution in [0.25, 0.3) is 10.2 Å². The Kier molecular flexibility index (Phi) is 5.07. The number of aromatic nitrogens is 1. The van der Waals surface area contributed by atoms with Crippen LogP contribution < -0.4 is 4.90 Å². The molecule has 4 rings (SSSR count). The molecule has 0 aliphatic carbocycles. The molecular formula is C20H22N2O2S2. The number of carbonyl (C=O) groups excluding carboxylic acids is 1. The van der Waals surface area contributed by atoms with Gasteiger partial charge in [0.1, 0.15) is 0 Å². The van der Waals surface area contributed by atoms with Crippen molar-refractivity contribution >= 4 is 43.9 Å². The second-order valence-electron chi connectivity index (χ2n) is 6.77. The molecule has 26 heavy (non-hydrogen) atoms. The highest BCUT2D eigenvalue weighted by atomic mass is 32.1. The lowest BCUT2D eigenvalue weighted by molar-refractivity contribution is -0.118. The largest absolute Gasteiger partial charge is 0.376 e. The fourth-order valence-electron chi connectivity index (χ4n) is 3.30. The smallest absolute Gasteiger partial charge is 0.234 e. The topological polar surface area (TPSA) is 42.4 Å². The molecular weight excluding hydrogens is 364 g/mol. The number of nitrogens with zero attached hydrogens (tertiary/aromatic N) is 2. The van der Waals surface area contributed by atoms with Crippen molar-refractivity contribution < 1.29 is 9.53 Å². The molecule has 1 amide bonds. The second kappa shape index (κ2) is 7.47. The van der Waals surface area contributed by atoms with Gasteiger partial charge in [0.25, 0.3) is 0 Å². The van der Waals surface area contributed by atoms with Crippen molar-refractivity contribution in [3.05, 3.63) is 45.6 Å². The van der Waals surface area contributed by atoms with Crippen molar-refractivity contribution in [3.63, 3.8) is 0 Å². The molecule has 4 nitrogen and oxygen atoms in total. The van der Waals surface area contributed by atoms with E-state index in [1.807, 2.05) is 22.4 Å². The molecule has 2 aromatic heterocycles. The Hall–Kier alpha value is -1.76. The molecule has 0 saturated carbocycles. The summed E-state index contributed by atoms with van der Waals surface area (Å²) in [7, 11) is 0. The molecule has 1 aliphatic heterocycles. The van der Waals surface area contributed by atoms with Gasteiger partial charge < -0.3 is 4.74 Å². The molecule has 3 heterocycles. The van der Waals surface area contributed by atoms with Gasteiger partial charge in [-0.05, 0) is 49.3 Å². The number of carbonyl (C=O) groups is 1. The summed E-state index contributed by atoms with van der Waals surface area (Å²) < 4.78 is 6.97. The van der Waals surface area contributed by atoms with Crippen molar-refractivity contribution in [2.75, 3.05) is 18.1 Å². The molecule has 3 aromatic rings. The van der Waals surface area contributed by atoms with Gasteiger partial charge in [-0.15, -0.1) is 11.3 Å². The van der Waals surface area contributed by atoms with Crippen molar-refractivity contribution in [2.24, 2.45) is 0 Å². The number of ether oxygens (including phenoxy) is 1. The van der Waals surface area contributed by atoms with Crippen LogP contribution in [0.4, 0.5) is 5.13 Å². The number of rotatable bonds is 5. The number of hydrogen-bond donors (Lipinski definition) is 0. The Labute approximate surface area is 161 Å². The van der Waals surface area contributed by atoms with Crippen molar-refractivity contribution in [3.8, 4) is 0 Å². The van der Waals surface area contributed by atoms with Gasteiger partial charge in [-0.25, -0.2) is 4.98 Å². The van der Waals surface area contributed by atoms with E-state index < -0.39 is 0 Å². The standard InChI is InChI=1S/C20H22N2O2S2/c1-13-7-8-14(2)19-18(13)21-20(26-19)22(12-15-5-3-9-24-15)17(23)11-16-6-4-10-25-16/h4,6-8,10,15H,3,5,9,11-12H2,1-2H3. The minimum absolute atomic E-state index is 0.0947. The molecule has 0 spiro atoms. The number of thiophene rings is 1. The zero-order valence-corrected chi connectivity index (χ0v) is 16.7. The first-order valence-electron chi connectivity index (χ1n) is 8.93. The Morgan fingerprint density at radius 1 is 1.31 bits per heavy atom. The summed E-state index contributed by atoms with van der Waals surface area (Å²) in [6.07, 6.45) is 2.59. The van der Waals surface area contributed by atoms with E-state index in [4.69, 9.17) is 9.72 Å². The predicted octanol–water partition coefficient (Wildman–Crippen LogP) is 4.73. The zero-order chi connectivity index (χ0) is 18.1. The number of benzene rings is 1. The van der Waals surface area contributed by atoms with Crippen LogP contribution in [0.2, 0.25) is 0 Å². The van der Waals surface area contributed by atoms with Gasteiger partial charge in [-0.2, -0.15) is 0 Å².